The molecule has 5 rings (SSSR count). The first kappa shape index (κ1) is 18.9. The Hall–Kier alpha value is -4.06. The first-order chi connectivity index (χ1) is 15.1. The molecule has 0 bridgehead atoms. The number of methoxy groups -OCH3 is 1. The molecule has 3 aromatic carbocycles. The van der Waals surface area contributed by atoms with Crippen molar-refractivity contribution in [2.45, 2.75) is 12.3 Å². The molecule has 6 heteroatoms. The fourth-order valence-corrected chi connectivity index (χ4v) is 4.07. The van der Waals surface area contributed by atoms with E-state index in [0.29, 0.717) is 22.4 Å². The standard InChI is InChI=1S/C25H18O6/c1-29-16-9-7-15(8-10-16)18-13-30-25-22-17(14-5-3-2-4-6-14)11-21(27)31-20(22)12-19(26)23(25)24(18)28/h2-10,12-13,17,26H,11H2,1H3. The Balaban J connectivity index is 1.75. The lowest BCUT2D eigenvalue weighted by Crippen LogP contribution is -2.22. The zero-order valence-corrected chi connectivity index (χ0v) is 16.6. The highest BCUT2D eigenvalue weighted by atomic mass is 16.5. The number of aromatic hydroxyl groups is 1. The Morgan fingerprint density at radius 3 is 2.48 bits per heavy atom. The number of phenolic OH excluding ortho intramolecular Hbond substituents is 1. The van der Waals surface area contributed by atoms with E-state index in [-0.39, 0.29) is 40.2 Å². The highest BCUT2D eigenvalue weighted by Gasteiger charge is 2.33. The molecule has 0 aliphatic carbocycles. The average molecular weight is 414 g/mol. The second-order valence-corrected chi connectivity index (χ2v) is 7.36. The lowest BCUT2D eigenvalue weighted by molar-refractivity contribution is -0.135. The molecule has 0 amide bonds. The highest BCUT2D eigenvalue weighted by molar-refractivity contribution is 5.94. The zero-order chi connectivity index (χ0) is 21.5. The summed E-state index contributed by atoms with van der Waals surface area (Å²) in [4.78, 5) is 25.5. The first-order valence-electron chi connectivity index (χ1n) is 9.78. The van der Waals surface area contributed by atoms with Gasteiger partial charge >= 0.3 is 5.97 Å². The van der Waals surface area contributed by atoms with Gasteiger partial charge in [-0.2, -0.15) is 0 Å². The Morgan fingerprint density at radius 2 is 1.77 bits per heavy atom. The minimum absolute atomic E-state index is 0.0611. The molecule has 0 saturated heterocycles. The molecule has 154 valence electrons. The van der Waals surface area contributed by atoms with E-state index in [0.717, 1.165) is 5.56 Å². The van der Waals surface area contributed by atoms with E-state index in [1.54, 1.807) is 31.4 Å². The van der Waals surface area contributed by atoms with Gasteiger partial charge in [-0.05, 0) is 23.3 Å². The van der Waals surface area contributed by atoms with Crippen LogP contribution in [-0.4, -0.2) is 18.2 Å². The molecule has 31 heavy (non-hydrogen) atoms. The molecule has 6 nitrogen and oxygen atoms in total. The monoisotopic (exact) mass is 414 g/mol. The fraction of sp³-hybridized carbons (Fsp3) is 0.120. The van der Waals surface area contributed by atoms with E-state index in [1.165, 1.54) is 12.3 Å². The average Bonchev–Trinajstić information content (AvgIpc) is 2.79. The topological polar surface area (TPSA) is 86.0 Å². The molecule has 1 atom stereocenters. The second kappa shape index (κ2) is 7.32. The minimum atomic E-state index is -0.405. The van der Waals surface area contributed by atoms with Crippen molar-refractivity contribution in [1.82, 2.24) is 0 Å². The van der Waals surface area contributed by atoms with Gasteiger partial charge in [-0.25, -0.2) is 0 Å². The van der Waals surface area contributed by atoms with Crippen molar-refractivity contribution in [2.24, 2.45) is 0 Å². The Bertz CT molecular complexity index is 1350. The number of hydrogen-bond donors (Lipinski definition) is 1. The van der Waals surface area contributed by atoms with Crippen LogP contribution < -0.4 is 14.9 Å². The van der Waals surface area contributed by atoms with Gasteiger partial charge in [0.25, 0.3) is 0 Å². The summed E-state index contributed by atoms with van der Waals surface area (Å²) in [5.74, 6) is -0.180. The van der Waals surface area contributed by atoms with Crippen LogP contribution in [-0.2, 0) is 4.79 Å². The molecule has 4 aromatic rings. The normalized spacial score (nSPS) is 15.4. The van der Waals surface area contributed by atoms with Crippen LogP contribution in [0, 0.1) is 0 Å². The van der Waals surface area contributed by atoms with E-state index in [2.05, 4.69) is 0 Å². The van der Waals surface area contributed by atoms with Crippen LogP contribution in [0.1, 0.15) is 23.5 Å². The summed E-state index contributed by atoms with van der Waals surface area (Å²) in [6.07, 6.45) is 1.49. The Kier molecular flexibility index (Phi) is 4.47. The summed E-state index contributed by atoms with van der Waals surface area (Å²) in [6.45, 7) is 0. The first-order valence-corrected chi connectivity index (χ1v) is 9.78. The van der Waals surface area contributed by atoms with Gasteiger partial charge in [0.2, 0.25) is 5.43 Å². The number of fused-ring (bicyclic) bond motifs is 3. The molecule has 0 radical (unpaired) electrons. The molecule has 0 saturated carbocycles. The van der Waals surface area contributed by atoms with Gasteiger partial charge in [-0.1, -0.05) is 42.5 Å². The van der Waals surface area contributed by atoms with Crippen molar-refractivity contribution >= 4 is 16.9 Å². The van der Waals surface area contributed by atoms with Gasteiger partial charge in [0.15, 0.2) is 0 Å². The van der Waals surface area contributed by atoms with E-state index in [9.17, 15) is 14.7 Å². The maximum Gasteiger partial charge on any atom is 0.312 e. The van der Waals surface area contributed by atoms with Crippen molar-refractivity contribution in [3.63, 3.8) is 0 Å². The maximum atomic E-state index is 13.3. The molecule has 1 N–H and O–H groups in total. The van der Waals surface area contributed by atoms with Crippen molar-refractivity contribution < 1.29 is 23.8 Å². The molecule has 2 heterocycles. The summed E-state index contributed by atoms with van der Waals surface area (Å²) >= 11 is 0. The summed E-state index contributed by atoms with van der Waals surface area (Å²) in [5, 5.41) is 10.7. The maximum absolute atomic E-state index is 13.3. The van der Waals surface area contributed by atoms with Crippen LogP contribution >= 0.6 is 0 Å². The van der Waals surface area contributed by atoms with E-state index in [1.807, 2.05) is 30.3 Å². The number of rotatable bonds is 3. The lowest BCUT2D eigenvalue weighted by Gasteiger charge is -2.25. The van der Waals surface area contributed by atoms with Crippen LogP contribution in [0.5, 0.6) is 17.2 Å². The predicted octanol–water partition coefficient (Wildman–Crippen LogP) is 4.62. The van der Waals surface area contributed by atoms with Crippen molar-refractivity contribution in [3.05, 3.63) is 88.3 Å². The lowest BCUT2D eigenvalue weighted by atomic mass is 9.85. The van der Waals surface area contributed by atoms with E-state index in [4.69, 9.17) is 13.9 Å². The highest BCUT2D eigenvalue weighted by Crippen LogP contribution is 2.45. The van der Waals surface area contributed by atoms with E-state index >= 15 is 0 Å². The largest absolute Gasteiger partial charge is 0.507 e. The number of esters is 1. The SMILES string of the molecule is COc1ccc(-c2coc3c4c(cc(O)c3c2=O)OC(=O)CC4c2ccccc2)cc1. The van der Waals surface area contributed by atoms with Gasteiger partial charge < -0.3 is 19.0 Å². The smallest absolute Gasteiger partial charge is 0.312 e. The summed E-state index contributed by atoms with van der Waals surface area (Å²) in [5.41, 5.74) is 2.29. The van der Waals surface area contributed by atoms with Crippen LogP contribution in [0.2, 0.25) is 0 Å². The summed E-state index contributed by atoms with van der Waals surface area (Å²) in [7, 11) is 1.57. The van der Waals surface area contributed by atoms with E-state index < -0.39 is 5.97 Å². The molecule has 1 aliphatic rings. The van der Waals surface area contributed by atoms with Crippen LogP contribution in [0.25, 0.3) is 22.1 Å². The van der Waals surface area contributed by atoms with Gasteiger partial charge in [-0.3, -0.25) is 9.59 Å². The molecular weight excluding hydrogens is 396 g/mol. The molecule has 1 unspecified atom stereocenters. The van der Waals surface area contributed by atoms with Gasteiger partial charge in [0.05, 0.1) is 19.1 Å². The van der Waals surface area contributed by atoms with Crippen molar-refractivity contribution in [3.8, 4) is 28.4 Å². The zero-order valence-electron chi connectivity index (χ0n) is 16.6. The number of ether oxygens (including phenoxy) is 2. The number of carbonyl (C=O) groups is 1. The summed E-state index contributed by atoms with van der Waals surface area (Å²) < 4.78 is 16.5. The Labute approximate surface area is 177 Å². The number of phenols is 1. The van der Waals surface area contributed by atoms with Crippen LogP contribution in [0.4, 0.5) is 0 Å². The fourth-order valence-electron chi connectivity index (χ4n) is 4.07. The third-order valence-electron chi connectivity index (χ3n) is 5.57. The number of hydrogen-bond acceptors (Lipinski definition) is 6. The molecule has 0 fully saturated rings. The number of benzene rings is 3. The van der Waals surface area contributed by atoms with Gasteiger partial charge in [0.1, 0.15) is 34.5 Å². The number of carbonyl (C=O) groups excluding carboxylic acids is 1. The third kappa shape index (κ3) is 3.13. The van der Waals surface area contributed by atoms with Gasteiger partial charge in [-0.15, -0.1) is 0 Å². The molecule has 1 aliphatic heterocycles. The second-order valence-electron chi connectivity index (χ2n) is 7.36. The quantitative estimate of drug-likeness (QED) is 0.389. The van der Waals surface area contributed by atoms with Crippen molar-refractivity contribution in [1.29, 1.82) is 0 Å². The van der Waals surface area contributed by atoms with Gasteiger partial charge in [0, 0.05) is 17.5 Å². The molecular formula is C25H18O6. The summed E-state index contributed by atoms with van der Waals surface area (Å²) in [6, 6.07) is 17.8. The molecule has 0 spiro atoms. The van der Waals surface area contributed by atoms with Crippen molar-refractivity contribution in [2.75, 3.05) is 7.11 Å². The third-order valence-corrected chi connectivity index (χ3v) is 5.57. The predicted molar refractivity (Wildman–Crippen MR) is 115 cm³/mol. The minimum Gasteiger partial charge on any atom is -0.507 e. The van der Waals surface area contributed by atoms with Crippen LogP contribution in [0.15, 0.2) is 76.1 Å². The Morgan fingerprint density at radius 1 is 1.03 bits per heavy atom. The van der Waals surface area contributed by atoms with Crippen LogP contribution in [0.3, 0.4) is 0 Å². The molecule has 1 aromatic heterocycles.